The Balaban J connectivity index is 1.91. The third kappa shape index (κ3) is 6.05. The van der Waals surface area contributed by atoms with Gasteiger partial charge >= 0.3 is 12.4 Å². The molecular formula is C21H20F6N2O3S. The van der Waals surface area contributed by atoms with Crippen molar-refractivity contribution in [3.05, 3.63) is 64.7 Å². The number of hydrogen-bond acceptors (Lipinski definition) is 4. The smallest absolute Gasteiger partial charge is 0.333 e. The van der Waals surface area contributed by atoms with Crippen LogP contribution in [0.2, 0.25) is 0 Å². The van der Waals surface area contributed by atoms with E-state index in [9.17, 15) is 39.6 Å². The van der Waals surface area contributed by atoms with Crippen LogP contribution in [-0.4, -0.2) is 51.2 Å². The van der Waals surface area contributed by atoms with Crippen molar-refractivity contribution < 1.29 is 39.6 Å². The number of carbonyl (C=O) groups excluding carboxylic acids is 1. The van der Waals surface area contributed by atoms with Gasteiger partial charge in [0.2, 0.25) is 0 Å². The van der Waals surface area contributed by atoms with E-state index < -0.39 is 55.7 Å². The number of nitrogens with zero attached hydrogens (tertiary/aromatic N) is 1. The maximum atomic E-state index is 13.3. The lowest BCUT2D eigenvalue weighted by Crippen LogP contribution is -2.54. The number of halogens is 6. The second kappa shape index (κ2) is 8.98. The molecule has 33 heavy (non-hydrogen) atoms. The molecule has 1 saturated heterocycles. The van der Waals surface area contributed by atoms with Crippen molar-refractivity contribution in [1.82, 2.24) is 10.2 Å². The van der Waals surface area contributed by atoms with Crippen LogP contribution in [0.5, 0.6) is 0 Å². The summed E-state index contributed by atoms with van der Waals surface area (Å²) in [6.07, 6.45) is -8.45. The van der Waals surface area contributed by atoms with Crippen molar-refractivity contribution in [3.8, 4) is 0 Å². The van der Waals surface area contributed by atoms with Crippen LogP contribution in [0.15, 0.2) is 47.4 Å². The molecule has 0 bridgehead atoms. The SMILES string of the molecule is CS(=O)(=O)c1cc(C(=O)N2CCNC[C@H]2Cc2ccc(C(F)(F)F)cc2)cc(C(F)(F)F)c1. The summed E-state index contributed by atoms with van der Waals surface area (Å²) < 4.78 is 102. The highest BCUT2D eigenvalue weighted by molar-refractivity contribution is 7.90. The van der Waals surface area contributed by atoms with Crippen molar-refractivity contribution in [1.29, 1.82) is 0 Å². The fraction of sp³-hybridized carbons (Fsp3) is 0.381. The van der Waals surface area contributed by atoms with Crippen LogP contribution in [0.25, 0.3) is 0 Å². The molecule has 2 aromatic rings. The highest BCUT2D eigenvalue weighted by Crippen LogP contribution is 2.33. The van der Waals surface area contributed by atoms with E-state index in [1.807, 2.05) is 0 Å². The van der Waals surface area contributed by atoms with Gasteiger partial charge in [-0.05, 0) is 42.3 Å². The Bertz CT molecular complexity index is 1130. The number of nitrogens with one attached hydrogen (secondary N) is 1. The van der Waals surface area contributed by atoms with Gasteiger partial charge in [-0.15, -0.1) is 0 Å². The highest BCUT2D eigenvalue weighted by atomic mass is 32.2. The van der Waals surface area contributed by atoms with Gasteiger partial charge in [0.1, 0.15) is 0 Å². The molecule has 180 valence electrons. The zero-order valence-electron chi connectivity index (χ0n) is 17.3. The number of carbonyl (C=O) groups is 1. The zero-order chi connectivity index (χ0) is 24.6. The standard InChI is InChI=1S/C21H20F6N2O3S/c1-33(31,32)18-10-14(9-16(11-18)21(25,26)27)19(30)29-7-6-28-12-17(29)8-13-2-4-15(5-3-13)20(22,23)24/h2-5,9-11,17,28H,6-8,12H2,1H3/t17-/m1/s1. The van der Waals surface area contributed by atoms with Gasteiger partial charge in [-0.2, -0.15) is 26.3 Å². The molecular weight excluding hydrogens is 474 g/mol. The summed E-state index contributed by atoms with van der Waals surface area (Å²) in [4.78, 5) is 13.8. The average Bonchev–Trinajstić information content (AvgIpc) is 2.72. The number of sulfone groups is 1. The normalized spacial score (nSPS) is 17.8. The van der Waals surface area contributed by atoms with Crippen LogP contribution in [0.3, 0.4) is 0 Å². The van der Waals surface area contributed by atoms with E-state index in [4.69, 9.17) is 0 Å². The molecule has 1 atom stereocenters. The maximum absolute atomic E-state index is 13.3. The molecule has 1 heterocycles. The molecule has 1 aliphatic rings. The van der Waals surface area contributed by atoms with Crippen LogP contribution >= 0.6 is 0 Å². The summed E-state index contributed by atoms with van der Waals surface area (Å²) in [6, 6.07) is 5.84. The van der Waals surface area contributed by atoms with Crippen molar-refractivity contribution in [2.24, 2.45) is 0 Å². The summed E-state index contributed by atoms with van der Waals surface area (Å²) in [5.41, 5.74) is -2.00. The molecule has 2 aromatic carbocycles. The number of amides is 1. The Morgan fingerprint density at radius 2 is 1.61 bits per heavy atom. The lowest BCUT2D eigenvalue weighted by Gasteiger charge is -2.36. The Kier molecular flexibility index (Phi) is 6.81. The number of benzene rings is 2. The van der Waals surface area contributed by atoms with E-state index in [0.717, 1.165) is 24.5 Å². The third-order valence-corrected chi connectivity index (χ3v) is 6.36. The first-order chi connectivity index (χ1) is 15.2. The summed E-state index contributed by atoms with van der Waals surface area (Å²) in [6.45, 7) is 0.756. The van der Waals surface area contributed by atoms with Gasteiger partial charge in [-0.25, -0.2) is 8.42 Å². The number of rotatable bonds is 4. The summed E-state index contributed by atoms with van der Waals surface area (Å²) in [5.74, 6) is -0.788. The van der Waals surface area contributed by atoms with E-state index in [-0.39, 0.29) is 19.5 Å². The first-order valence-electron chi connectivity index (χ1n) is 9.76. The van der Waals surface area contributed by atoms with E-state index in [2.05, 4.69) is 5.32 Å². The number of piperazine rings is 1. The Hall–Kier alpha value is -2.60. The summed E-state index contributed by atoms with van der Waals surface area (Å²) >= 11 is 0. The van der Waals surface area contributed by atoms with Gasteiger partial charge in [-0.3, -0.25) is 4.79 Å². The molecule has 0 radical (unpaired) electrons. The Morgan fingerprint density at radius 1 is 1.00 bits per heavy atom. The second-order valence-electron chi connectivity index (χ2n) is 7.77. The molecule has 0 aromatic heterocycles. The van der Waals surface area contributed by atoms with Crippen LogP contribution < -0.4 is 5.32 Å². The molecule has 0 aliphatic carbocycles. The Labute approximate surface area is 186 Å². The minimum atomic E-state index is -4.86. The lowest BCUT2D eigenvalue weighted by atomic mass is 10.00. The van der Waals surface area contributed by atoms with E-state index in [1.54, 1.807) is 0 Å². The topological polar surface area (TPSA) is 66.5 Å². The van der Waals surface area contributed by atoms with Crippen molar-refractivity contribution in [3.63, 3.8) is 0 Å². The first kappa shape index (κ1) is 25.0. The van der Waals surface area contributed by atoms with Crippen molar-refractivity contribution in [2.45, 2.75) is 29.7 Å². The molecule has 1 aliphatic heterocycles. The first-order valence-corrected chi connectivity index (χ1v) is 11.7. The number of alkyl halides is 6. The monoisotopic (exact) mass is 494 g/mol. The van der Waals surface area contributed by atoms with Gasteiger partial charge in [0.05, 0.1) is 16.0 Å². The van der Waals surface area contributed by atoms with E-state index >= 15 is 0 Å². The van der Waals surface area contributed by atoms with Gasteiger partial charge in [0.25, 0.3) is 5.91 Å². The quantitative estimate of drug-likeness (QED) is 0.658. The second-order valence-corrected chi connectivity index (χ2v) is 9.79. The molecule has 1 fully saturated rings. The summed E-state index contributed by atoms with van der Waals surface area (Å²) in [5, 5.41) is 3.05. The number of hydrogen-bond donors (Lipinski definition) is 1. The molecule has 5 nitrogen and oxygen atoms in total. The molecule has 12 heteroatoms. The van der Waals surface area contributed by atoms with Crippen molar-refractivity contribution >= 4 is 15.7 Å². The van der Waals surface area contributed by atoms with E-state index in [0.29, 0.717) is 24.2 Å². The van der Waals surface area contributed by atoms with Gasteiger partial charge < -0.3 is 10.2 Å². The third-order valence-electron chi connectivity index (χ3n) is 5.27. The van der Waals surface area contributed by atoms with Gasteiger partial charge in [-0.1, -0.05) is 12.1 Å². The predicted octanol–water partition coefficient (Wildman–Crippen LogP) is 3.78. The minimum absolute atomic E-state index is 0.134. The lowest BCUT2D eigenvalue weighted by molar-refractivity contribution is -0.138. The zero-order valence-corrected chi connectivity index (χ0v) is 18.1. The van der Waals surface area contributed by atoms with Crippen LogP contribution in [-0.2, 0) is 28.6 Å². The molecule has 0 spiro atoms. The van der Waals surface area contributed by atoms with E-state index in [1.165, 1.54) is 17.0 Å². The van der Waals surface area contributed by atoms with Crippen LogP contribution in [0.4, 0.5) is 26.3 Å². The fourth-order valence-corrected chi connectivity index (χ4v) is 4.26. The van der Waals surface area contributed by atoms with Crippen LogP contribution in [0, 0.1) is 0 Å². The Morgan fingerprint density at radius 3 is 2.15 bits per heavy atom. The summed E-state index contributed by atoms with van der Waals surface area (Å²) in [7, 11) is -4.03. The van der Waals surface area contributed by atoms with Gasteiger partial charge in [0, 0.05) is 37.5 Å². The fourth-order valence-electron chi connectivity index (χ4n) is 3.58. The molecule has 1 N–H and O–H groups in total. The minimum Gasteiger partial charge on any atom is -0.333 e. The van der Waals surface area contributed by atoms with Crippen LogP contribution in [0.1, 0.15) is 27.0 Å². The predicted molar refractivity (Wildman–Crippen MR) is 107 cm³/mol. The average molecular weight is 494 g/mol. The molecule has 1 amide bonds. The maximum Gasteiger partial charge on any atom is 0.416 e. The molecule has 3 rings (SSSR count). The largest absolute Gasteiger partial charge is 0.416 e. The van der Waals surface area contributed by atoms with Crippen molar-refractivity contribution in [2.75, 3.05) is 25.9 Å². The molecule has 0 saturated carbocycles. The molecule has 0 unspecified atom stereocenters. The highest BCUT2D eigenvalue weighted by Gasteiger charge is 2.35. The van der Waals surface area contributed by atoms with Gasteiger partial charge in [0.15, 0.2) is 9.84 Å².